The zero-order chi connectivity index (χ0) is 18.6. The monoisotopic (exact) mass is 397 g/mol. The minimum Gasteiger partial charge on any atom is -0.479 e. The second kappa shape index (κ2) is 11.5. The molecule has 1 aliphatic heterocycles. The van der Waals surface area contributed by atoms with Crippen LogP contribution in [0.5, 0.6) is 0 Å². The third-order valence-corrected chi connectivity index (χ3v) is 3.60. The van der Waals surface area contributed by atoms with E-state index in [1.807, 2.05) is 0 Å². The van der Waals surface area contributed by atoms with Gasteiger partial charge in [0.2, 0.25) is 0 Å². The molecule has 0 aromatic rings. The fourth-order valence-electron chi connectivity index (χ4n) is 2.06. The zero-order valence-corrected chi connectivity index (χ0v) is 16.5. The molecule has 1 rings (SSSR count). The predicted molar refractivity (Wildman–Crippen MR) is 77.1 cm³/mol. The summed E-state index contributed by atoms with van der Waals surface area (Å²) in [5.41, 5.74) is 0. The van der Waals surface area contributed by atoms with E-state index >= 15 is 0 Å². The number of carboxylic acids is 1. The molecule has 0 aromatic carbocycles. The molecule has 0 aliphatic carbocycles. The number of hydrogen-bond donors (Lipinski definition) is 9. The second-order valence-corrected chi connectivity index (χ2v) is 5.36. The first-order valence-corrected chi connectivity index (χ1v) is 6.99. The molecular formula is C12H22KO12. The van der Waals surface area contributed by atoms with Gasteiger partial charge >= 0.3 is 5.97 Å². The van der Waals surface area contributed by atoms with Crippen molar-refractivity contribution in [2.45, 2.75) is 55.1 Å². The van der Waals surface area contributed by atoms with E-state index in [0.717, 1.165) is 0 Å². The maximum Gasteiger partial charge on any atom is 0.335 e. The van der Waals surface area contributed by atoms with Crippen molar-refractivity contribution in [1.29, 1.82) is 0 Å². The van der Waals surface area contributed by atoms with Gasteiger partial charge in [-0.15, -0.1) is 0 Å². The molecule has 0 unspecified atom stereocenters. The Morgan fingerprint density at radius 1 is 1.00 bits per heavy atom. The van der Waals surface area contributed by atoms with Gasteiger partial charge in [-0.2, -0.15) is 0 Å². The zero-order valence-electron chi connectivity index (χ0n) is 13.4. The molecule has 12 nitrogen and oxygen atoms in total. The Kier molecular flexibility index (Phi) is 11.9. The van der Waals surface area contributed by atoms with Crippen molar-refractivity contribution in [2.24, 2.45) is 0 Å². The average Bonchev–Trinajstić information content (AvgIpc) is 2.56. The number of hydrogen-bond acceptors (Lipinski definition) is 11. The Morgan fingerprint density at radius 3 is 2.04 bits per heavy atom. The van der Waals surface area contributed by atoms with Gasteiger partial charge in [-0.05, 0) is 0 Å². The van der Waals surface area contributed by atoms with Gasteiger partial charge in [0.05, 0.1) is 13.2 Å². The van der Waals surface area contributed by atoms with Crippen molar-refractivity contribution >= 4 is 57.4 Å². The van der Waals surface area contributed by atoms with E-state index in [1.54, 1.807) is 0 Å². The van der Waals surface area contributed by atoms with Crippen LogP contribution in [-0.2, 0) is 14.3 Å². The molecule has 143 valence electrons. The van der Waals surface area contributed by atoms with E-state index < -0.39 is 74.3 Å². The standard InChI is InChI=1S/C12H22O12.K/c13-1-4-6(16)8(18)10(20)12(24-4)23-2-3(14)5(15)7(17)9(19)11(21)22;/h3-10,12-20H,1-2H2,(H,21,22);/t3-,4-,5-,6+,7+,8+,9-,10-,12+;/m1./s1. The summed E-state index contributed by atoms with van der Waals surface area (Å²) >= 11 is 0. The number of carboxylic acid groups (broad SMARTS) is 1. The molecule has 0 aromatic heterocycles. The van der Waals surface area contributed by atoms with E-state index in [4.69, 9.17) is 24.8 Å². The molecule has 1 saturated heterocycles. The maximum atomic E-state index is 10.5. The molecule has 1 aliphatic rings. The first kappa shape index (κ1) is 25.7. The van der Waals surface area contributed by atoms with Crippen LogP contribution in [0.3, 0.4) is 0 Å². The summed E-state index contributed by atoms with van der Waals surface area (Å²) in [6, 6.07) is 0. The smallest absolute Gasteiger partial charge is 0.335 e. The minimum absolute atomic E-state index is 0. The van der Waals surface area contributed by atoms with Crippen LogP contribution in [0, 0.1) is 0 Å². The summed E-state index contributed by atoms with van der Waals surface area (Å²) in [4.78, 5) is 10.5. The summed E-state index contributed by atoms with van der Waals surface area (Å²) in [5, 5.41) is 84.0. The van der Waals surface area contributed by atoms with Gasteiger partial charge in [0.15, 0.2) is 12.4 Å². The third-order valence-electron chi connectivity index (χ3n) is 3.60. The second-order valence-electron chi connectivity index (χ2n) is 5.36. The number of aliphatic hydroxyl groups excluding tert-OH is 8. The van der Waals surface area contributed by atoms with Crippen LogP contribution in [0.25, 0.3) is 0 Å². The fourth-order valence-corrected chi connectivity index (χ4v) is 2.06. The molecule has 25 heavy (non-hydrogen) atoms. The van der Waals surface area contributed by atoms with E-state index in [2.05, 4.69) is 0 Å². The summed E-state index contributed by atoms with van der Waals surface area (Å²) in [5.74, 6) is -1.82. The first-order chi connectivity index (χ1) is 11.1. The Balaban J connectivity index is 0.00000576. The van der Waals surface area contributed by atoms with Crippen molar-refractivity contribution in [2.75, 3.05) is 13.2 Å². The number of carbonyl (C=O) groups is 1. The normalized spacial score (nSPS) is 34.5. The largest absolute Gasteiger partial charge is 0.479 e. The Hall–Kier alpha value is 0.706. The summed E-state index contributed by atoms with van der Waals surface area (Å²) in [6.45, 7) is -1.48. The molecular weight excluding hydrogens is 375 g/mol. The molecule has 0 amide bonds. The number of aliphatic hydroxyl groups is 8. The van der Waals surface area contributed by atoms with Crippen molar-refractivity contribution in [3.8, 4) is 0 Å². The molecule has 9 N–H and O–H groups in total. The quantitative estimate of drug-likeness (QED) is 0.175. The van der Waals surface area contributed by atoms with E-state index in [1.165, 1.54) is 0 Å². The summed E-state index contributed by atoms with van der Waals surface area (Å²) in [6.07, 6.45) is -16.4. The number of ether oxygens (including phenoxy) is 2. The molecule has 1 radical (unpaired) electrons. The SMILES string of the molecule is O=C(O)[C@H](O)[C@@H](O)[C@H](O)[C@H](O)CO[C@H]1O[C@H](CO)[C@H](O)[C@H](O)[C@H]1O.[K]. The maximum absolute atomic E-state index is 10.5. The Morgan fingerprint density at radius 2 is 1.56 bits per heavy atom. The first-order valence-electron chi connectivity index (χ1n) is 6.99. The minimum atomic E-state index is -2.35. The van der Waals surface area contributed by atoms with Gasteiger partial charge in [0, 0.05) is 51.4 Å². The van der Waals surface area contributed by atoms with Crippen molar-refractivity contribution in [3.63, 3.8) is 0 Å². The van der Waals surface area contributed by atoms with E-state index in [0.29, 0.717) is 0 Å². The molecule has 0 saturated carbocycles. The third kappa shape index (κ3) is 6.67. The molecule has 1 heterocycles. The molecule has 13 heteroatoms. The molecule has 0 bridgehead atoms. The van der Waals surface area contributed by atoms with Gasteiger partial charge < -0.3 is 55.4 Å². The van der Waals surface area contributed by atoms with Crippen molar-refractivity contribution in [1.82, 2.24) is 0 Å². The van der Waals surface area contributed by atoms with Gasteiger partial charge in [0.1, 0.15) is 42.7 Å². The Labute approximate surface area is 184 Å². The van der Waals surface area contributed by atoms with Crippen LogP contribution in [0.2, 0.25) is 0 Å². The van der Waals surface area contributed by atoms with Crippen molar-refractivity contribution in [3.05, 3.63) is 0 Å². The van der Waals surface area contributed by atoms with E-state index in [9.17, 15) is 35.4 Å². The van der Waals surface area contributed by atoms with Crippen LogP contribution in [0.1, 0.15) is 0 Å². The van der Waals surface area contributed by atoms with Gasteiger partial charge in [-0.25, -0.2) is 4.79 Å². The Bertz CT molecular complexity index is 410. The molecule has 0 spiro atoms. The van der Waals surface area contributed by atoms with Crippen LogP contribution in [-0.4, -0.2) is 172 Å². The van der Waals surface area contributed by atoms with Crippen LogP contribution < -0.4 is 0 Å². The van der Waals surface area contributed by atoms with Gasteiger partial charge in [-0.1, -0.05) is 0 Å². The van der Waals surface area contributed by atoms with Gasteiger partial charge in [0.25, 0.3) is 0 Å². The van der Waals surface area contributed by atoms with Gasteiger partial charge in [-0.3, -0.25) is 0 Å². The van der Waals surface area contributed by atoms with E-state index in [-0.39, 0.29) is 51.4 Å². The van der Waals surface area contributed by atoms with Crippen LogP contribution in [0.15, 0.2) is 0 Å². The van der Waals surface area contributed by atoms with Crippen molar-refractivity contribution < 1.29 is 60.2 Å². The molecule has 9 atom stereocenters. The van der Waals surface area contributed by atoms with Crippen LogP contribution in [0.4, 0.5) is 0 Å². The predicted octanol–water partition coefficient (Wildman–Crippen LogP) is -6.05. The fraction of sp³-hybridized carbons (Fsp3) is 0.917. The summed E-state index contributed by atoms with van der Waals surface area (Å²) < 4.78 is 9.89. The number of rotatable bonds is 8. The molecule has 1 fully saturated rings. The summed E-state index contributed by atoms with van der Waals surface area (Å²) in [7, 11) is 0. The average molecular weight is 397 g/mol. The van der Waals surface area contributed by atoms with Crippen LogP contribution >= 0.6 is 0 Å². The topological polar surface area (TPSA) is 218 Å². The number of aliphatic carboxylic acids is 1.